The van der Waals surface area contributed by atoms with Crippen LogP contribution in [0.15, 0.2) is 34.1 Å². The Labute approximate surface area is 121 Å². The summed E-state index contributed by atoms with van der Waals surface area (Å²) in [6, 6.07) is 6.69. The van der Waals surface area contributed by atoms with Gasteiger partial charge in [-0.15, -0.1) is 11.3 Å². The highest BCUT2D eigenvalue weighted by Gasteiger charge is 2.12. The summed E-state index contributed by atoms with van der Waals surface area (Å²) in [4.78, 5) is 12.8. The summed E-state index contributed by atoms with van der Waals surface area (Å²) in [6.07, 6.45) is 0.652. The fourth-order valence-electron chi connectivity index (χ4n) is 1.55. The Morgan fingerprint density at radius 2 is 2.05 bits per heavy atom. The van der Waals surface area contributed by atoms with Gasteiger partial charge in [-0.25, -0.2) is 8.78 Å². The van der Waals surface area contributed by atoms with E-state index in [2.05, 4.69) is 21.2 Å². The quantitative estimate of drug-likeness (QED) is 0.897. The van der Waals surface area contributed by atoms with Crippen LogP contribution < -0.4 is 5.32 Å². The van der Waals surface area contributed by atoms with Gasteiger partial charge >= 0.3 is 0 Å². The number of hydrogen-bond acceptors (Lipinski definition) is 2. The molecular weight excluding hydrogens is 336 g/mol. The second-order valence-corrected chi connectivity index (χ2v) is 6.38. The zero-order chi connectivity index (χ0) is 13.8. The Morgan fingerprint density at radius 3 is 2.74 bits per heavy atom. The average Bonchev–Trinajstić information content (AvgIpc) is 2.78. The fourth-order valence-corrected chi connectivity index (χ4v) is 3.03. The van der Waals surface area contributed by atoms with Gasteiger partial charge in [0.1, 0.15) is 11.6 Å². The maximum absolute atomic E-state index is 13.3. The first-order valence-electron chi connectivity index (χ1n) is 5.54. The first-order valence-corrected chi connectivity index (χ1v) is 7.14. The lowest BCUT2D eigenvalue weighted by molar-refractivity contribution is 0.0949. The molecule has 2 aromatic rings. The SMILES string of the molecule is O=C(NCCc1ccc(Br)s1)c1cc(F)ccc1F. The second-order valence-electron chi connectivity index (χ2n) is 3.84. The molecule has 100 valence electrons. The van der Waals surface area contributed by atoms with E-state index in [1.807, 2.05) is 12.1 Å². The van der Waals surface area contributed by atoms with E-state index in [1.165, 1.54) is 0 Å². The van der Waals surface area contributed by atoms with Crippen LogP contribution in [0.3, 0.4) is 0 Å². The van der Waals surface area contributed by atoms with Gasteiger partial charge in [-0.05, 0) is 52.7 Å². The number of rotatable bonds is 4. The summed E-state index contributed by atoms with van der Waals surface area (Å²) >= 11 is 4.92. The normalized spacial score (nSPS) is 10.5. The third-order valence-corrected chi connectivity index (χ3v) is 4.14. The summed E-state index contributed by atoms with van der Waals surface area (Å²) in [5.41, 5.74) is -0.271. The Kier molecular flexibility index (Phi) is 4.66. The van der Waals surface area contributed by atoms with Crippen molar-refractivity contribution in [3.05, 3.63) is 56.2 Å². The predicted molar refractivity (Wildman–Crippen MR) is 74.4 cm³/mol. The van der Waals surface area contributed by atoms with Crippen molar-refractivity contribution >= 4 is 33.2 Å². The Hall–Kier alpha value is -1.27. The van der Waals surface area contributed by atoms with Gasteiger partial charge in [-0.2, -0.15) is 0 Å². The molecule has 0 saturated carbocycles. The number of halogens is 3. The molecule has 0 spiro atoms. The standard InChI is InChI=1S/C13H10BrF2NOS/c14-12-4-2-9(19-12)5-6-17-13(18)10-7-8(15)1-3-11(10)16/h1-4,7H,5-6H2,(H,17,18). The van der Waals surface area contributed by atoms with Gasteiger partial charge in [0.05, 0.1) is 9.35 Å². The largest absolute Gasteiger partial charge is 0.352 e. The van der Waals surface area contributed by atoms with Crippen LogP contribution in [0.4, 0.5) is 8.78 Å². The molecule has 1 heterocycles. The number of carbonyl (C=O) groups is 1. The molecule has 2 rings (SSSR count). The highest BCUT2D eigenvalue weighted by Crippen LogP contribution is 2.22. The second kappa shape index (κ2) is 6.25. The third-order valence-electron chi connectivity index (χ3n) is 2.46. The molecule has 0 unspecified atom stereocenters. The van der Waals surface area contributed by atoms with Crippen molar-refractivity contribution in [2.45, 2.75) is 6.42 Å². The molecule has 1 aromatic heterocycles. The molecule has 0 aliphatic carbocycles. The zero-order valence-electron chi connectivity index (χ0n) is 9.75. The Balaban J connectivity index is 1.92. The van der Waals surface area contributed by atoms with E-state index in [9.17, 15) is 13.6 Å². The van der Waals surface area contributed by atoms with Crippen LogP contribution in [0.5, 0.6) is 0 Å². The van der Waals surface area contributed by atoms with Crippen LogP contribution in [-0.4, -0.2) is 12.5 Å². The van der Waals surface area contributed by atoms with E-state index in [0.29, 0.717) is 13.0 Å². The maximum atomic E-state index is 13.3. The topological polar surface area (TPSA) is 29.1 Å². The minimum Gasteiger partial charge on any atom is -0.352 e. The summed E-state index contributed by atoms with van der Waals surface area (Å²) in [6.45, 7) is 0.377. The molecule has 2 nitrogen and oxygen atoms in total. The monoisotopic (exact) mass is 345 g/mol. The Bertz CT molecular complexity index is 600. The van der Waals surface area contributed by atoms with Crippen LogP contribution in [-0.2, 0) is 6.42 Å². The van der Waals surface area contributed by atoms with Gasteiger partial charge in [0.25, 0.3) is 5.91 Å². The van der Waals surface area contributed by atoms with E-state index < -0.39 is 17.5 Å². The molecular formula is C13H10BrF2NOS. The van der Waals surface area contributed by atoms with Gasteiger partial charge in [0, 0.05) is 11.4 Å². The molecule has 1 amide bonds. The van der Waals surface area contributed by atoms with Gasteiger partial charge < -0.3 is 5.32 Å². The summed E-state index contributed by atoms with van der Waals surface area (Å²) in [5.74, 6) is -1.96. The van der Waals surface area contributed by atoms with Gasteiger partial charge in [0.15, 0.2) is 0 Å². The van der Waals surface area contributed by atoms with Gasteiger partial charge in [-0.1, -0.05) is 0 Å². The molecule has 0 saturated heterocycles. The number of nitrogens with one attached hydrogen (secondary N) is 1. The summed E-state index contributed by atoms with van der Waals surface area (Å²) in [5, 5.41) is 2.57. The van der Waals surface area contributed by atoms with E-state index in [-0.39, 0.29) is 5.56 Å². The first-order chi connectivity index (χ1) is 9.06. The molecule has 0 aliphatic rings. The lowest BCUT2D eigenvalue weighted by Gasteiger charge is -2.05. The lowest BCUT2D eigenvalue weighted by atomic mass is 10.2. The molecule has 0 radical (unpaired) electrons. The number of hydrogen-bond donors (Lipinski definition) is 1. The summed E-state index contributed by atoms with van der Waals surface area (Å²) < 4.78 is 27.3. The van der Waals surface area contributed by atoms with Crippen LogP contribution >= 0.6 is 27.3 Å². The fraction of sp³-hybridized carbons (Fsp3) is 0.154. The molecule has 0 atom stereocenters. The smallest absolute Gasteiger partial charge is 0.254 e. The van der Waals surface area contributed by atoms with Crippen molar-refractivity contribution in [3.8, 4) is 0 Å². The average molecular weight is 346 g/mol. The predicted octanol–water partition coefficient (Wildman–Crippen LogP) is 3.76. The highest BCUT2D eigenvalue weighted by molar-refractivity contribution is 9.11. The lowest BCUT2D eigenvalue weighted by Crippen LogP contribution is -2.26. The molecule has 0 bridgehead atoms. The number of thiophene rings is 1. The van der Waals surface area contributed by atoms with Crippen molar-refractivity contribution < 1.29 is 13.6 Å². The molecule has 0 fully saturated rings. The summed E-state index contributed by atoms with van der Waals surface area (Å²) in [7, 11) is 0. The number of carbonyl (C=O) groups excluding carboxylic acids is 1. The van der Waals surface area contributed by atoms with Gasteiger partial charge in [0.2, 0.25) is 0 Å². The van der Waals surface area contributed by atoms with E-state index in [4.69, 9.17) is 0 Å². The van der Waals surface area contributed by atoms with Crippen LogP contribution in [0.2, 0.25) is 0 Å². The minimum atomic E-state index is -0.724. The molecule has 0 aliphatic heterocycles. The van der Waals surface area contributed by atoms with Crippen LogP contribution in [0, 0.1) is 11.6 Å². The zero-order valence-corrected chi connectivity index (χ0v) is 12.2. The van der Waals surface area contributed by atoms with Gasteiger partial charge in [-0.3, -0.25) is 4.79 Å². The van der Waals surface area contributed by atoms with Crippen molar-refractivity contribution in [2.24, 2.45) is 0 Å². The molecule has 1 aromatic carbocycles. The van der Waals surface area contributed by atoms with Crippen LogP contribution in [0.25, 0.3) is 0 Å². The van der Waals surface area contributed by atoms with Crippen molar-refractivity contribution in [3.63, 3.8) is 0 Å². The third kappa shape index (κ3) is 3.84. The number of benzene rings is 1. The van der Waals surface area contributed by atoms with E-state index in [0.717, 1.165) is 26.9 Å². The molecule has 6 heteroatoms. The number of amides is 1. The van der Waals surface area contributed by atoms with Crippen molar-refractivity contribution in [1.29, 1.82) is 0 Å². The minimum absolute atomic E-state index is 0.271. The molecule has 19 heavy (non-hydrogen) atoms. The van der Waals surface area contributed by atoms with Crippen LogP contribution in [0.1, 0.15) is 15.2 Å². The van der Waals surface area contributed by atoms with E-state index in [1.54, 1.807) is 11.3 Å². The first kappa shape index (κ1) is 14.1. The Morgan fingerprint density at radius 1 is 1.26 bits per heavy atom. The highest BCUT2D eigenvalue weighted by atomic mass is 79.9. The maximum Gasteiger partial charge on any atom is 0.254 e. The van der Waals surface area contributed by atoms with Crippen molar-refractivity contribution in [1.82, 2.24) is 5.32 Å². The van der Waals surface area contributed by atoms with E-state index >= 15 is 0 Å². The van der Waals surface area contributed by atoms with Crippen molar-refractivity contribution in [2.75, 3.05) is 6.54 Å². The molecule has 1 N–H and O–H groups in total.